The Morgan fingerprint density at radius 3 is 0.860 bits per heavy atom. The van der Waals surface area contributed by atoms with Gasteiger partial charge in [0.1, 0.15) is 106 Å². The van der Waals surface area contributed by atoms with Crippen LogP contribution in [0.15, 0.2) is 187 Å². The van der Waals surface area contributed by atoms with Gasteiger partial charge in [0.25, 0.3) is 0 Å². The lowest BCUT2D eigenvalue weighted by Crippen LogP contribution is -2.25. The second-order valence-corrected chi connectivity index (χ2v) is 30.4. The zero-order valence-corrected chi connectivity index (χ0v) is 62.4. The second kappa shape index (κ2) is 43.9. The molecule has 14 nitrogen and oxygen atoms in total. The molecular weight excluding hydrogens is 1390 g/mol. The van der Waals surface area contributed by atoms with E-state index in [1.165, 1.54) is 47.0 Å². The zero-order chi connectivity index (χ0) is 72.0. The van der Waals surface area contributed by atoms with E-state index in [0.29, 0.717) is 22.5 Å². The van der Waals surface area contributed by atoms with Crippen LogP contribution in [0.1, 0.15) is 142 Å². The lowest BCUT2D eigenvalue weighted by atomic mass is 9.79. The van der Waals surface area contributed by atoms with Crippen molar-refractivity contribution in [1.29, 1.82) is 63.1 Å². The van der Waals surface area contributed by atoms with Gasteiger partial charge in [-0.1, -0.05) is 235 Å². The van der Waals surface area contributed by atoms with E-state index in [9.17, 15) is 63.1 Å². The number of nitrogens with zero attached hydrogens (tertiary/aromatic N) is 14. The fourth-order valence-corrected chi connectivity index (χ4v) is 18.4. The highest BCUT2D eigenvalue weighted by molar-refractivity contribution is 8.29. The molecule has 0 aliphatic carbocycles. The first kappa shape index (κ1) is 79.6. The number of anilines is 2. The van der Waals surface area contributed by atoms with Crippen LogP contribution in [0.25, 0.3) is 11.1 Å². The summed E-state index contributed by atoms with van der Waals surface area (Å²) in [6.45, 7) is 11.8. The lowest BCUT2D eigenvalue weighted by molar-refractivity contribution is 0.609. The molecule has 0 atom stereocenters. The molecule has 0 fully saturated rings. The fraction of sp³-hybridized carbons (Fsp3) is 0.308. The van der Waals surface area contributed by atoms with Gasteiger partial charge in [-0.25, -0.2) is 0 Å². The van der Waals surface area contributed by atoms with E-state index < -0.39 is 39.0 Å². The number of rotatable bonds is 32. The predicted molar refractivity (Wildman–Crippen MR) is 416 cm³/mol. The third-order valence-electron chi connectivity index (χ3n) is 15.8. The van der Waals surface area contributed by atoms with Crippen molar-refractivity contribution >= 4 is 117 Å². The van der Waals surface area contributed by atoms with Gasteiger partial charge in [-0.15, -0.1) is 0 Å². The van der Waals surface area contributed by atoms with Crippen LogP contribution in [0.2, 0.25) is 0 Å². The highest BCUT2D eigenvalue weighted by Gasteiger charge is 2.37. The van der Waals surface area contributed by atoms with Gasteiger partial charge in [-0.2, -0.15) is 63.1 Å². The molecular formula is C78H68N14S8. The van der Waals surface area contributed by atoms with E-state index in [4.69, 9.17) is 0 Å². The monoisotopic (exact) mass is 1460 g/mol. The summed E-state index contributed by atoms with van der Waals surface area (Å²) in [5.41, 5.74) is -2.15. The predicted octanol–water partition coefficient (Wildman–Crippen LogP) is 22.0. The summed E-state index contributed by atoms with van der Waals surface area (Å²) in [7, 11) is 0. The quantitative estimate of drug-likeness (QED) is 0.0284. The smallest absolute Gasteiger partial charge is 0.145 e. The first-order valence-electron chi connectivity index (χ1n) is 32.5. The summed E-state index contributed by atoms with van der Waals surface area (Å²) in [5.74, 6) is 6.36. The number of allylic oxidation sites excluding steroid dienone is 16. The first-order valence-corrected chi connectivity index (χ1v) is 39.5. The van der Waals surface area contributed by atoms with Crippen LogP contribution in [-0.2, 0) is 0 Å². The molecule has 22 heteroatoms. The molecule has 4 aliphatic rings. The van der Waals surface area contributed by atoms with Crippen LogP contribution in [0, 0.1) is 148 Å². The molecule has 0 unspecified atom stereocenters. The summed E-state index contributed by atoms with van der Waals surface area (Å²) < 4.78 is 1.57. The van der Waals surface area contributed by atoms with Crippen molar-refractivity contribution < 1.29 is 0 Å². The molecule has 0 N–H and O–H groups in total. The Bertz CT molecular complexity index is 4360. The molecule has 4 heterocycles. The topological polar surface area (TPSA) is 292 Å². The number of benzene rings is 2. The number of thioether (sulfide) groups is 8. The highest BCUT2D eigenvalue weighted by Crippen LogP contribution is 2.56. The van der Waals surface area contributed by atoms with E-state index in [1.54, 1.807) is 67.5 Å². The molecule has 0 saturated heterocycles. The Morgan fingerprint density at radius 2 is 0.560 bits per heavy atom. The van der Waals surface area contributed by atoms with Crippen molar-refractivity contribution in [2.24, 2.45) is 0 Å². The minimum atomic E-state index is -0.693. The largest absolute Gasteiger partial charge is 0.372 e. The standard InChI is InChI=1S/C78H68N14S8/c1-5-9-13-17-31-91(32-18-14-10-6-2)63-25-21-55(22-26-63)67(58(45-81)46-82)70(61(51-87)52-88)72(76-95-37-38-96-76)66(75-93-35-36-94-75)30-29-65(57(43-79)44-80)69(60(49-85)50-86)73(77-97-39-40-98-77)74(78-99-41-42-100-78)71(62(53-89)54-90)68(59(47-83)48-84)56-23-27-64(28-24-56)92(33-19-15-11-7-3)34-20-16-12-8-4/h21-28,35-42H,5-20,31-34H2,1-4H3. The Balaban J connectivity index is 1.73. The Morgan fingerprint density at radius 1 is 0.290 bits per heavy atom. The average Bonchev–Trinajstić information content (AvgIpc) is 1.18. The second-order valence-electron chi connectivity index (χ2n) is 22.1. The lowest BCUT2D eigenvalue weighted by Gasteiger charge is -2.26. The highest BCUT2D eigenvalue weighted by atomic mass is 32.2. The summed E-state index contributed by atoms with van der Waals surface area (Å²) in [4.78, 5) is 4.64. The zero-order valence-electron chi connectivity index (χ0n) is 55.9. The SMILES string of the molecule is CCCCCCN(CCCCCC)c1ccc(C(=C(C#N)C#N)C(=C(C#N)C#N)C(=C2SC=CS2)C(C#CC(=C(C#N)C#N)C(=C(C#N)C#N)C(=C2SC=CS2)C(=C2SC=CS2)C(=C(C#N)C#N)C(=C(C#N)C#N)c2ccc(N(CCCCCC)CCCCCC)cc2)=C2SC=CS2)cc1. The van der Waals surface area contributed by atoms with Crippen molar-refractivity contribution in [3.8, 4) is 84.7 Å². The molecule has 100 heavy (non-hydrogen) atoms. The van der Waals surface area contributed by atoms with Crippen LogP contribution in [0.4, 0.5) is 11.4 Å². The average molecular weight is 1460 g/mol. The molecule has 0 aromatic heterocycles. The van der Waals surface area contributed by atoms with Gasteiger partial charge in [0.05, 0.1) is 28.1 Å². The maximum absolute atomic E-state index is 11.4. The Kier molecular flexibility index (Phi) is 35.0. The maximum Gasteiger partial charge on any atom is 0.145 e. The number of hydrogen-bond acceptors (Lipinski definition) is 22. The summed E-state index contributed by atoms with van der Waals surface area (Å²) in [6, 6.07) is 38.9. The number of hydrogen-bond donors (Lipinski definition) is 0. The van der Waals surface area contributed by atoms with Crippen molar-refractivity contribution in [1.82, 2.24) is 0 Å². The molecule has 2 aromatic carbocycles. The van der Waals surface area contributed by atoms with Gasteiger partial charge in [0.2, 0.25) is 0 Å². The van der Waals surface area contributed by atoms with Crippen molar-refractivity contribution in [2.75, 3.05) is 36.0 Å². The van der Waals surface area contributed by atoms with Gasteiger partial charge >= 0.3 is 0 Å². The molecule has 6 rings (SSSR count). The minimum absolute atomic E-state index is 0.00690. The Hall–Kier alpha value is -9.36. The molecule has 0 amide bonds. The van der Waals surface area contributed by atoms with Crippen molar-refractivity contribution in [3.05, 3.63) is 198 Å². The normalized spacial score (nSPS) is 12.4. The van der Waals surface area contributed by atoms with Crippen LogP contribution in [0.3, 0.4) is 0 Å². The van der Waals surface area contributed by atoms with E-state index in [1.807, 2.05) is 72.8 Å². The summed E-state index contributed by atoms with van der Waals surface area (Å²) >= 11 is 9.45. The van der Waals surface area contributed by atoms with E-state index in [0.717, 1.165) is 187 Å². The van der Waals surface area contributed by atoms with Crippen molar-refractivity contribution in [2.45, 2.75) is 130 Å². The maximum atomic E-state index is 11.4. The molecule has 498 valence electrons. The van der Waals surface area contributed by atoms with E-state index >= 15 is 0 Å². The van der Waals surface area contributed by atoms with Gasteiger partial charge < -0.3 is 9.80 Å². The van der Waals surface area contributed by atoms with Crippen LogP contribution < -0.4 is 9.80 Å². The number of unbranched alkanes of at least 4 members (excludes halogenated alkanes) is 12. The van der Waals surface area contributed by atoms with Gasteiger partial charge in [-0.3, -0.25) is 0 Å². The first-order chi connectivity index (χ1) is 49.0. The fourth-order valence-electron chi connectivity index (χ4n) is 11.0. The molecule has 0 saturated carbocycles. The Labute approximate surface area is 623 Å². The van der Waals surface area contributed by atoms with Crippen LogP contribution >= 0.6 is 94.1 Å². The molecule has 4 aliphatic heterocycles. The number of nitriles is 12. The minimum Gasteiger partial charge on any atom is -0.372 e. The van der Waals surface area contributed by atoms with Crippen LogP contribution in [0.5, 0.6) is 0 Å². The molecule has 2 aromatic rings. The van der Waals surface area contributed by atoms with Crippen molar-refractivity contribution in [3.63, 3.8) is 0 Å². The van der Waals surface area contributed by atoms with Gasteiger partial charge in [-0.05, 0) is 104 Å². The third-order valence-corrected chi connectivity index (χ3v) is 24.3. The van der Waals surface area contributed by atoms with Gasteiger partial charge in [0.15, 0.2) is 0 Å². The summed E-state index contributed by atoms with van der Waals surface area (Å²) in [6.07, 6.45) is 16.7. The molecule has 0 spiro atoms. The van der Waals surface area contributed by atoms with Crippen LogP contribution in [-0.4, -0.2) is 26.2 Å². The summed E-state index contributed by atoms with van der Waals surface area (Å²) in [5, 5.41) is 148. The molecule has 0 radical (unpaired) electrons. The van der Waals surface area contributed by atoms with E-state index in [2.05, 4.69) is 73.6 Å². The third kappa shape index (κ3) is 21.1. The van der Waals surface area contributed by atoms with E-state index in [-0.39, 0.29) is 55.7 Å². The van der Waals surface area contributed by atoms with Gasteiger partial charge in [0, 0.05) is 82.1 Å². The molecule has 0 bridgehead atoms.